The van der Waals surface area contributed by atoms with Gasteiger partial charge in [-0.15, -0.1) is 0 Å². The van der Waals surface area contributed by atoms with E-state index in [1.54, 1.807) is 6.07 Å². The summed E-state index contributed by atoms with van der Waals surface area (Å²) in [6, 6.07) is 8.07. The Labute approximate surface area is 140 Å². The maximum atomic E-state index is 12.7. The highest BCUT2D eigenvalue weighted by Gasteiger charge is 2.31. The summed E-state index contributed by atoms with van der Waals surface area (Å²) in [5.74, 6) is -0.586. The molecule has 9 heteroatoms. The number of nitrogens with zero attached hydrogens (tertiary/aromatic N) is 3. The Morgan fingerprint density at radius 2 is 1.83 bits per heavy atom. The van der Waals surface area contributed by atoms with Crippen LogP contribution >= 0.6 is 11.6 Å². The van der Waals surface area contributed by atoms with Crippen LogP contribution in [-0.2, 0) is 6.42 Å². The summed E-state index contributed by atoms with van der Waals surface area (Å²) in [6.45, 7) is 0.301. The Morgan fingerprint density at radius 3 is 2.50 bits per heavy atom. The molecular weight excluding hydrogens is 338 g/mol. The van der Waals surface area contributed by atoms with Crippen molar-refractivity contribution in [3.8, 4) is 0 Å². The Bertz CT molecular complexity index is 883. The minimum atomic E-state index is -0.677. The SMILES string of the molecule is O=C(c1ccc(Cl)cc1[N+](=O)[O-])N1CCc2ccc([N+](=O)[O-])cc21. The van der Waals surface area contributed by atoms with Crippen molar-refractivity contribution in [3.05, 3.63) is 72.8 Å². The van der Waals surface area contributed by atoms with Crippen molar-refractivity contribution in [1.29, 1.82) is 0 Å². The van der Waals surface area contributed by atoms with Crippen LogP contribution in [0.4, 0.5) is 17.1 Å². The number of anilines is 1. The monoisotopic (exact) mass is 347 g/mol. The molecule has 0 saturated carbocycles. The zero-order chi connectivity index (χ0) is 17.4. The molecule has 0 bridgehead atoms. The third kappa shape index (κ3) is 2.67. The number of amides is 1. The number of halogens is 1. The average Bonchev–Trinajstić information content (AvgIpc) is 2.97. The van der Waals surface area contributed by atoms with Crippen molar-refractivity contribution in [3.63, 3.8) is 0 Å². The lowest BCUT2D eigenvalue weighted by Gasteiger charge is -2.17. The molecule has 24 heavy (non-hydrogen) atoms. The molecule has 0 unspecified atom stereocenters. The second-order valence-corrected chi connectivity index (χ2v) is 5.63. The maximum Gasteiger partial charge on any atom is 0.283 e. The molecule has 3 rings (SSSR count). The molecule has 0 atom stereocenters. The van der Waals surface area contributed by atoms with Crippen molar-refractivity contribution in [1.82, 2.24) is 0 Å². The van der Waals surface area contributed by atoms with Crippen LogP contribution < -0.4 is 4.90 Å². The number of hydrogen-bond acceptors (Lipinski definition) is 5. The van der Waals surface area contributed by atoms with Gasteiger partial charge in [-0.3, -0.25) is 25.0 Å². The minimum Gasteiger partial charge on any atom is -0.307 e. The van der Waals surface area contributed by atoms with Crippen molar-refractivity contribution < 1.29 is 14.6 Å². The molecule has 1 amide bonds. The van der Waals surface area contributed by atoms with Gasteiger partial charge in [0, 0.05) is 29.8 Å². The van der Waals surface area contributed by atoms with Gasteiger partial charge in [-0.1, -0.05) is 17.7 Å². The quantitative estimate of drug-likeness (QED) is 0.625. The third-order valence-electron chi connectivity index (χ3n) is 3.81. The third-order valence-corrected chi connectivity index (χ3v) is 4.04. The highest BCUT2D eigenvalue weighted by atomic mass is 35.5. The van der Waals surface area contributed by atoms with E-state index in [4.69, 9.17) is 11.6 Å². The molecule has 1 heterocycles. The first-order valence-corrected chi connectivity index (χ1v) is 7.29. The molecule has 0 aliphatic carbocycles. The summed E-state index contributed by atoms with van der Waals surface area (Å²) in [7, 11) is 0. The topological polar surface area (TPSA) is 107 Å². The lowest BCUT2D eigenvalue weighted by molar-refractivity contribution is -0.385. The lowest BCUT2D eigenvalue weighted by atomic mass is 10.1. The second kappa shape index (κ2) is 5.89. The van der Waals surface area contributed by atoms with Crippen LogP contribution in [0.15, 0.2) is 36.4 Å². The predicted molar refractivity (Wildman–Crippen MR) is 86.6 cm³/mol. The standard InChI is InChI=1S/C15H10ClN3O5/c16-10-2-4-12(14(7-10)19(23)24)15(20)17-6-5-9-1-3-11(18(21)22)8-13(9)17/h1-4,7-8H,5-6H2. The van der Waals surface area contributed by atoms with Crippen LogP contribution in [0, 0.1) is 20.2 Å². The molecular formula is C15H10ClN3O5. The molecule has 1 aliphatic rings. The van der Waals surface area contributed by atoms with E-state index in [1.807, 2.05) is 0 Å². The molecule has 122 valence electrons. The van der Waals surface area contributed by atoms with Crippen LogP contribution in [0.3, 0.4) is 0 Å². The summed E-state index contributed by atoms with van der Waals surface area (Å²) in [6.07, 6.45) is 0.528. The number of hydrogen-bond donors (Lipinski definition) is 0. The van der Waals surface area contributed by atoms with Gasteiger partial charge in [0.15, 0.2) is 0 Å². The Hall–Kier alpha value is -3.00. The van der Waals surface area contributed by atoms with Crippen LogP contribution in [0.2, 0.25) is 5.02 Å². The van der Waals surface area contributed by atoms with E-state index in [9.17, 15) is 25.0 Å². The van der Waals surface area contributed by atoms with Gasteiger partial charge in [0.2, 0.25) is 0 Å². The zero-order valence-corrected chi connectivity index (χ0v) is 12.9. The molecule has 0 spiro atoms. The van der Waals surface area contributed by atoms with Gasteiger partial charge in [0.25, 0.3) is 17.3 Å². The Balaban J connectivity index is 2.04. The van der Waals surface area contributed by atoms with Gasteiger partial charge in [0.05, 0.1) is 15.5 Å². The van der Waals surface area contributed by atoms with Gasteiger partial charge in [-0.05, 0) is 24.1 Å². The summed E-state index contributed by atoms with van der Waals surface area (Å²) in [4.78, 5) is 34.9. The first kappa shape index (κ1) is 15.9. The van der Waals surface area contributed by atoms with Gasteiger partial charge >= 0.3 is 0 Å². The fourth-order valence-electron chi connectivity index (χ4n) is 2.67. The van der Waals surface area contributed by atoms with Crippen molar-refractivity contribution in [2.45, 2.75) is 6.42 Å². The van der Waals surface area contributed by atoms with Crippen LogP contribution in [0.1, 0.15) is 15.9 Å². The first-order valence-electron chi connectivity index (χ1n) is 6.91. The van der Waals surface area contributed by atoms with Crippen molar-refractivity contribution in [2.24, 2.45) is 0 Å². The number of nitro groups is 2. The van der Waals surface area contributed by atoms with Gasteiger partial charge in [0.1, 0.15) is 5.56 Å². The highest BCUT2D eigenvalue weighted by molar-refractivity contribution is 6.31. The van der Waals surface area contributed by atoms with E-state index in [1.165, 1.54) is 29.2 Å². The van der Waals surface area contributed by atoms with Crippen LogP contribution in [0.25, 0.3) is 0 Å². The molecule has 0 N–H and O–H groups in total. The number of nitro benzene ring substituents is 2. The van der Waals surface area contributed by atoms with E-state index < -0.39 is 21.4 Å². The summed E-state index contributed by atoms with van der Waals surface area (Å²) >= 11 is 5.76. The molecule has 0 saturated heterocycles. The van der Waals surface area contributed by atoms with Gasteiger partial charge in [-0.25, -0.2) is 0 Å². The number of non-ortho nitro benzene ring substituents is 1. The van der Waals surface area contributed by atoms with E-state index in [0.29, 0.717) is 18.7 Å². The summed E-state index contributed by atoms with van der Waals surface area (Å²) < 4.78 is 0. The predicted octanol–water partition coefficient (Wildman–Crippen LogP) is 3.36. The van der Waals surface area contributed by atoms with E-state index in [-0.39, 0.29) is 16.3 Å². The second-order valence-electron chi connectivity index (χ2n) is 5.20. The normalized spacial score (nSPS) is 12.8. The van der Waals surface area contributed by atoms with Crippen molar-refractivity contribution in [2.75, 3.05) is 11.4 Å². The number of rotatable bonds is 3. The molecule has 2 aromatic carbocycles. The number of benzene rings is 2. The number of carbonyl (C=O) groups is 1. The van der Waals surface area contributed by atoms with E-state index in [2.05, 4.69) is 0 Å². The summed E-state index contributed by atoms with van der Waals surface area (Å²) in [5, 5.41) is 22.2. The smallest absolute Gasteiger partial charge is 0.283 e. The number of carbonyl (C=O) groups excluding carboxylic acids is 1. The van der Waals surface area contributed by atoms with Crippen molar-refractivity contribution >= 4 is 34.6 Å². The van der Waals surface area contributed by atoms with Crippen LogP contribution in [-0.4, -0.2) is 22.3 Å². The largest absolute Gasteiger partial charge is 0.307 e. The molecule has 8 nitrogen and oxygen atoms in total. The average molecular weight is 348 g/mol. The first-order chi connectivity index (χ1) is 11.4. The van der Waals surface area contributed by atoms with E-state index in [0.717, 1.165) is 11.6 Å². The van der Waals surface area contributed by atoms with Gasteiger partial charge < -0.3 is 4.90 Å². The Kier molecular flexibility index (Phi) is 3.90. The minimum absolute atomic E-state index is 0.108. The highest BCUT2D eigenvalue weighted by Crippen LogP contribution is 2.34. The molecule has 0 aromatic heterocycles. The fourth-order valence-corrected chi connectivity index (χ4v) is 2.84. The fraction of sp³-hybridized carbons (Fsp3) is 0.133. The summed E-state index contributed by atoms with van der Waals surface area (Å²) in [5.41, 5.74) is 0.540. The van der Waals surface area contributed by atoms with E-state index >= 15 is 0 Å². The Morgan fingerprint density at radius 1 is 1.08 bits per heavy atom. The zero-order valence-electron chi connectivity index (χ0n) is 12.1. The number of fused-ring (bicyclic) bond motifs is 1. The van der Waals surface area contributed by atoms with Gasteiger partial charge in [-0.2, -0.15) is 0 Å². The molecule has 0 fully saturated rings. The molecule has 2 aromatic rings. The maximum absolute atomic E-state index is 12.7. The van der Waals surface area contributed by atoms with Crippen LogP contribution in [0.5, 0.6) is 0 Å². The molecule has 0 radical (unpaired) electrons. The molecule has 1 aliphatic heterocycles. The lowest BCUT2D eigenvalue weighted by Crippen LogP contribution is -2.29.